The summed E-state index contributed by atoms with van der Waals surface area (Å²) in [5.74, 6) is 0.924. The van der Waals surface area contributed by atoms with Gasteiger partial charge in [-0.05, 0) is 61.7 Å². The van der Waals surface area contributed by atoms with E-state index in [1.165, 1.54) is 22.3 Å². The van der Waals surface area contributed by atoms with Gasteiger partial charge in [0.15, 0.2) is 0 Å². The predicted molar refractivity (Wildman–Crippen MR) is 111 cm³/mol. The zero-order valence-corrected chi connectivity index (χ0v) is 16.4. The molecule has 1 heterocycles. The normalized spacial score (nSPS) is 11.1. The topological polar surface area (TPSA) is 25.4 Å². The van der Waals surface area contributed by atoms with Crippen molar-refractivity contribution in [1.82, 2.24) is 9.88 Å². The van der Waals surface area contributed by atoms with E-state index in [0.717, 1.165) is 25.4 Å². The lowest BCUT2D eigenvalue weighted by Crippen LogP contribution is -2.22. The highest BCUT2D eigenvalue weighted by molar-refractivity contribution is 5.28. The Kier molecular flexibility index (Phi) is 6.61. The summed E-state index contributed by atoms with van der Waals surface area (Å²) in [6.07, 6.45) is 3.91. The molecule has 0 bridgehead atoms. The first-order valence-corrected chi connectivity index (χ1v) is 9.51. The smallest absolute Gasteiger partial charge is 0.119 e. The maximum atomic E-state index is 5.76. The molecule has 0 radical (unpaired) electrons. The number of hydrogen-bond donors (Lipinski definition) is 0. The lowest BCUT2D eigenvalue weighted by molar-refractivity contribution is 0.240. The van der Waals surface area contributed by atoms with E-state index in [2.05, 4.69) is 77.5 Å². The van der Waals surface area contributed by atoms with Gasteiger partial charge in [-0.2, -0.15) is 0 Å². The van der Waals surface area contributed by atoms with Crippen LogP contribution < -0.4 is 4.74 Å². The van der Waals surface area contributed by atoms with E-state index in [0.29, 0.717) is 0 Å². The van der Waals surface area contributed by atoms with Crippen LogP contribution in [-0.2, 0) is 19.6 Å². The number of aromatic nitrogens is 1. The minimum absolute atomic E-state index is 0.195. The molecule has 0 aliphatic heterocycles. The first kappa shape index (κ1) is 19.1. The fraction of sp³-hybridized carbons (Fsp3) is 0.292. The van der Waals surface area contributed by atoms with E-state index >= 15 is 0 Å². The average molecular weight is 361 g/mol. The Morgan fingerprint density at radius 1 is 0.741 bits per heavy atom. The molecule has 0 spiro atoms. The van der Waals surface area contributed by atoms with E-state index in [4.69, 9.17) is 4.74 Å². The Bertz CT molecular complexity index is 811. The molecule has 0 amide bonds. The zero-order chi connectivity index (χ0) is 19.1. The van der Waals surface area contributed by atoms with Crippen molar-refractivity contribution in [2.24, 2.45) is 0 Å². The Labute approximate surface area is 162 Å². The number of benzene rings is 2. The lowest BCUT2D eigenvalue weighted by atomic mass is 10.1. The molecular weight excluding hydrogens is 332 g/mol. The Morgan fingerprint density at radius 3 is 1.74 bits per heavy atom. The molecule has 0 aliphatic carbocycles. The highest BCUT2D eigenvalue weighted by Gasteiger charge is 2.09. The molecule has 3 aromatic rings. The summed E-state index contributed by atoms with van der Waals surface area (Å²) in [5, 5.41) is 0. The summed E-state index contributed by atoms with van der Waals surface area (Å²) >= 11 is 0. The first-order chi connectivity index (χ1) is 13.1. The van der Waals surface area contributed by atoms with E-state index < -0.39 is 0 Å². The van der Waals surface area contributed by atoms with Gasteiger partial charge in [0, 0.05) is 32.0 Å². The minimum Gasteiger partial charge on any atom is -0.491 e. The van der Waals surface area contributed by atoms with Crippen molar-refractivity contribution in [2.45, 2.75) is 46.5 Å². The van der Waals surface area contributed by atoms with Gasteiger partial charge < -0.3 is 4.74 Å². The van der Waals surface area contributed by atoms with Crippen molar-refractivity contribution < 1.29 is 4.74 Å². The Hall–Kier alpha value is -2.65. The van der Waals surface area contributed by atoms with Crippen LogP contribution in [0.2, 0.25) is 0 Å². The van der Waals surface area contributed by atoms with Crippen molar-refractivity contribution in [3.8, 4) is 5.75 Å². The second kappa shape index (κ2) is 9.33. The first-order valence-electron chi connectivity index (χ1n) is 9.51. The summed E-state index contributed by atoms with van der Waals surface area (Å²) in [6.45, 7) is 8.91. The van der Waals surface area contributed by atoms with E-state index in [-0.39, 0.29) is 6.10 Å². The van der Waals surface area contributed by atoms with Crippen LogP contribution in [0.15, 0.2) is 73.1 Å². The third kappa shape index (κ3) is 6.22. The van der Waals surface area contributed by atoms with E-state index in [9.17, 15) is 0 Å². The van der Waals surface area contributed by atoms with Crippen LogP contribution >= 0.6 is 0 Å². The van der Waals surface area contributed by atoms with Gasteiger partial charge in [-0.25, -0.2) is 0 Å². The highest BCUT2D eigenvalue weighted by Crippen LogP contribution is 2.18. The molecule has 0 N–H and O–H groups in total. The molecule has 3 rings (SSSR count). The molecule has 3 heteroatoms. The number of hydrogen-bond acceptors (Lipinski definition) is 3. The summed E-state index contributed by atoms with van der Waals surface area (Å²) in [6, 6.07) is 21.4. The summed E-state index contributed by atoms with van der Waals surface area (Å²) < 4.78 is 5.76. The van der Waals surface area contributed by atoms with Gasteiger partial charge in [0.1, 0.15) is 5.75 Å². The fourth-order valence-electron chi connectivity index (χ4n) is 3.07. The van der Waals surface area contributed by atoms with Crippen molar-refractivity contribution in [2.75, 3.05) is 0 Å². The Morgan fingerprint density at radius 2 is 1.22 bits per heavy atom. The van der Waals surface area contributed by atoms with Crippen LogP contribution in [0.25, 0.3) is 0 Å². The van der Waals surface area contributed by atoms with Gasteiger partial charge in [-0.1, -0.05) is 42.0 Å². The van der Waals surface area contributed by atoms with Crippen LogP contribution in [-0.4, -0.2) is 16.0 Å². The molecule has 0 saturated carbocycles. The number of aryl methyl sites for hydroxylation is 1. The summed E-state index contributed by atoms with van der Waals surface area (Å²) in [5.41, 5.74) is 5.18. The molecule has 0 atom stereocenters. The standard InChI is InChI=1S/C24H28N2O/c1-19(2)27-24-10-8-22(9-11-24)17-26(18-23-12-14-25-15-13-23)16-21-6-4-20(3)5-7-21/h4-15,19H,16-18H2,1-3H3. The Balaban J connectivity index is 1.73. The summed E-state index contributed by atoms with van der Waals surface area (Å²) in [4.78, 5) is 6.59. The third-order valence-corrected chi connectivity index (χ3v) is 4.38. The van der Waals surface area contributed by atoms with Crippen molar-refractivity contribution in [3.05, 3.63) is 95.3 Å². The molecule has 2 aromatic carbocycles. The molecule has 140 valence electrons. The van der Waals surface area contributed by atoms with Gasteiger partial charge in [0.2, 0.25) is 0 Å². The van der Waals surface area contributed by atoms with Gasteiger partial charge in [0.05, 0.1) is 6.10 Å². The van der Waals surface area contributed by atoms with Gasteiger partial charge in [-0.15, -0.1) is 0 Å². The highest BCUT2D eigenvalue weighted by atomic mass is 16.5. The van der Waals surface area contributed by atoms with Crippen LogP contribution in [0.3, 0.4) is 0 Å². The number of nitrogens with zero attached hydrogens (tertiary/aromatic N) is 2. The van der Waals surface area contributed by atoms with Crippen molar-refractivity contribution in [3.63, 3.8) is 0 Å². The average Bonchev–Trinajstić information content (AvgIpc) is 2.65. The lowest BCUT2D eigenvalue weighted by Gasteiger charge is -2.23. The second-order valence-electron chi connectivity index (χ2n) is 7.30. The largest absolute Gasteiger partial charge is 0.491 e. The quantitative estimate of drug-likeness (QED) is 0.539. The van der Waals surface area contributed by atoms with Crippen molar-refractivity contribution in [1.29, 1.82) is 0 Å². The van der Waals surface area contributed by atoms with Crippen molar-refractivity contribution >= 4 is 0 Å². The molecule has 0 saturated heterocycles. The summed E-state index contributed by atoms with van der Waals surface area (Å²) in [7, 11) is 0. The maximum Gasteiger partial charge on any atom is 0.119 e. The van der Waals surface area contributed by atoms with E-state index in [1.807, 2.05) is 26.2 Å². The monoisotopic (exact) mass is 360 g/mol. The number of pyridine rings is 1. The fourth-order valence-corrected chi connectivity index (χ4v) is 3.07. The number of rotatable bonds is 8. The molecule has 1 aromatic heterocycles. The molecule has 3 nitrogen and oxygen atoms in total. The van der Waals surface area contributed by atoms with Crippen LogP contribution in [0.5, 0.6) is 5.75 Å². The molecule has 0 aliphatic rings. The molecule has 27 heavy (non-hydrogen) atoms. The predicted octanol–water partition coefficient (Wildman–Crippen LogP) is 5.38. The minimum atomic E-state index is 0.195. The van der Waals surface area contributed by atoms with Gasteiger partial charge in [-0.3, -0.25) is 9.88 Å². The van der Waals surface area contributed by atoms with Crippen LogP contribution in [0, 0.1) is 6.92 Å². The molecular formula is C24H28N2O. The second-order valence-corrected chi connectivity index (χ2v) is 7.30. The van der Waals surface area contributed by atoms with Crippen LogP contribution in [0.1, 0.15) is 36.1 Å². The van der Waals surface area contributed by atoms with Gasteiger partial charge in [0.25, 0.3) is 0 Å². The molecule has 0 unspecified atom stereocenters. The van der Waals surface area contributed by atoms with Crippen LogP contribution in [0.4, 0.5) is 0 Å². The van der Waals surface area contributed by atoms with E-state index in [1.54, 1.807) is 0 Å². The third-order valence-electron chi connectivity index (χ3n) is 4.38. The maximum absolute atomic E-state index is 5.76. The van der Waals surface area contributed by atoms with Gasteiger partial charge >= 0.3 is 0 Å². The number of ether oxygens (including phenoxy) is 1. The molecule has 0 fully saturated rings. The SMILES string of the molecule is Cc1ccc(CN(Cc2ccncc2)Cc2ccc(OC(C)C)cc2)cc1. The zero-order valence-electron chi connectivity index (χ0n) is 16.4.